The van der Waals surface area contributed by atoms with Crippen LogP contribution in [0.15, 0.2) is 6.07 Å². The number of alkyl halides is 5. The van der Waals surface area contributed by atoms with Gasteiger partial charge in [0.25, 0.3) is 12.3 Å². The minimum absolute atomic E-state index is 0.372. The van der Waals surface area contributed by atoms with Gasteiger partial charge in [0.1, 0.15) is 0 Å². The summed E-state index contributed by atoms with van der Waals surface area (Å²) >= 11 is 0. The number of ether oxygens (including phenoxy) is 1. The number of hydrogen-bond acceptors (Lipinski definition) is 3. The Hall–Kier alpha value is -2.00. The largest absolute Gasteiger partial charge is 0.574 e. The number of carboxylic acids is 1. The van der Waals surface area contributed by atoms with Crippen LogP contribution in [0.3, 0.4) is 0 Å². The number of aliphatic carboxylic acids is 1. The zero-order chi connectivity index (χ0) is 14.8. The highest BCUT2D eigenvalue weighted by atomic mass is 19.4. The Morgan fingerprint density at radius 3 is 2.42 bits per heavy atom. The first-order valence-electron chi connectivity index (χ1n) is 4.55. The number of carbonyl (C=O) groups is 1. The summed E-state index contributed by atoms with van der Waals surface area (Å²) in [6, 6.07) is 0.372. The Morgan fingerprint density at radius 1 is 1.42 bits per heavy atom. The van der Waals surface area contributed by atoms with E-state index in [0.717, 1.165) is 0 Å². The molecule has 0 amide bonds. The lowest BCUT2D eigenvalue weighted by Gasteiger charge is -2.12. The van der Waals surface area contributed by atoms with E-state index < -0.39 is 48.1 Å². The molecule has 4 nitrogen and oxygen atoms in total. The standard InChI is InChI=1S/C9H5F6NO3/c10-6-4(7(11)12)1-3(2-5(17)18)16-8(6)19-9(13,14)15/h1,7H,2H2,(H,17,18). The van der Waals surface area contributed by atoms with Crippen molar-refractivity contribution < 1.29 is 41.0 Å². The predicted octanol–water partition coefficient (Wildman–Crippen LogP) is 2.68. The van der Waals surface area contributed by atoms with Gasteiger partial charge < -0.3 is 9.84 Å². The van der Waals surface area contributed by atoms with Gasteiger partial charge in [0.15, 0.2) is 5.82 Å². The quantitative estimate of drug-likeness (QED) is 0.866. The average molecular weight is 289 g/mol. The summed E-state index contributed by atoms with van der Waals surface area (Å²) in [6.07, 6.45) is -9.73. The van der Waals surface area contributed by atoms with Gasteiger partial charge in [0.05, 0.1) is 17.7 Å². The molecule has 106 valence electrons. The predicted molar refractivity (Wildman–Crippen MR) is 47.2 cm³/mol. The minimum atomic E-state index is -5.34. The first-order chi connectivity index (χ1) is 8.60. The SMILES string of the molecule is O=C(O)Cc1cc(C(F)F)c(F)c(OC(F)(F)F)n1. The van der Waals surface area contributed by atoms with Gasteiger partial charge in [-0.25, -0.2) is 18.2 Å². The third kappa shape index (κ3) is 4.30. The monoisotopic (exact) mass is 289 g/mol. The van der Waals surface area contributed by atoms with Gasteiger partial charge in [-0.15, -0.1) is 13.2 Å². The molecule has 1 aromatic heterocycles. The lowest BCUT2D eigenvalue weighted by Crippen LogP contribution is -2.20. The lowest BCUT2D eigenvalue weighted by atomic mass is 10.2. The first kappa shape index (κ1) is 15.1. The molecule has 0 fully saturated rings. The highest BCUT2D eigenvalue weighted by molar-refractivity contribution is 5.69. The second kappa shape index (κ2) is 5.33. The van der Waals surface area contributed by atoms with E-state index in [1.165, 1.54) is 0 Å². The summed E-state index contributed by atoms with van der Waals surface area (Å²) in [7, 11) is 0. The van der Waals surface area contributed by atoms with Crippen LogP contribution in [0.1, 0.15) is 17.7 Å². The maximum Gasteiger partial charge on any atom is 0.574 e. The van der Waals surface area contributed by atoms with Gasteiger partial charge in [-0.2, -0.15) is 0 Å². The average Bonchev–Trinajstić information content (AvgIpc) is 2.19. The van der Waals surface area contributed by atoms with Crippen LogP contribution >= 0.6 is 0 Å². The van der Waals surface area contributed by atoms with Crippen molar-refractivity contribution in [1.82, 2.24) is 4.98 Å². The molecule has 0 atom stereocenters. The van der Waals surface area contributed by atoms with Crippen LogP contribution in [0.5, 0.6) is 5.88 Å². The van der Waals surface area contributed by atoms with E-state index >= 15 is 0 Å². The molecule has 1 heterocycles. The molecule has 0 aliphatic heterocycles. The molecule has 0 aliphatic rings. The first-order valence-corrected chi connectivity index (χ1v) is 4.55. The van der Waals surface area contributed by atoms with Gasteiger partial charge >= 0.3 is 12.3 Å². The van der Waals surface area contributed by atoms with Crippen LogP contribution in [0.2, 0.25) is 0 Å². The molecule has 0 bridgehead atoms. The number of halogens is 6. The highest BCUT2D eigenvalue weighted by Gasteiger charge is 2.35. The van der Waals surface area contributed by atoms with Crippen LogP contribution < -0.4 is 4.74 Å². The summed E-state index contributed by atoms with van der Waals surface area (Å²) in [5.41, 5.74) is -2.09. The molecule has 0 saturated carbocycles. The van der Waals surface area contributed by atoms with E-state index in [4.69, 9.17) is 5.11 Å². The lowest BCUT2D eigenvalue weighted by molar-refractivity contribution is -0.277. The van der Waals surface area contributed by atoms with E-state index in [1.807, 2.05) is 0 Å². The summed E-state index contributed by atoms with van der Waals surface area (Å²) in [5.74, 6) is -5.25. The minimum Gasteiger partial charge on any atom is -0.481 e. The molecule has 0 unspecified atom stereocenters. The fourth-order valence-electron chi connectivity index (χ4n) is 1.16. The number of nitrogens with zero attached hydrogens (tertiary/aromatic N) is 1. The molecule has 1 rings (SSSR count). The topological polar surface area (TPSA) is 59.4 Å². The summed E-state index contributed by atoms with van der Waals surface area (Å²) in [6.45, 7) is 0. The number of rotatable bonds is 4. The number of aromatic nitrogens is 1. The number of carboxylic acid groups (broad SMARTS) is 1. The Morgan fingerprint density at radius 2 is 2.00 bits per heavy atom. The smallest absolute Gasteiger partial charge is 0.481 e. The second-order valence-electron chi connectivity index (χ2n) is 3.24. The zero-order valence-electron chi connectivity index (χ0n) is 8.84. The molecule has 19 heavy (non-hydrogen) atoms. The van der Waals surface area contributed by atoms with E-state index in [2.05, 4.69) is 9.72 Å². The molecule has 0 aliphatic carbocycles. The van der Waals surface area contributed by atoms with Crippen molar-refractivity contribution in [2.45, 2.75) is 19.2 Å². The van der Waals surface area contributed by atoms with Crippen molar-refractivity contribution in [1.29, 1.82) is 0 Å². The second-order valence-corrected chi connectivity index (χ2v) is 3.24. The van der Waals surface area contributed by atoms with E-state index in [1.54, 1.807) is 0 Å². The molecular weight excluding hydrogens is 284 g/mol. The van der Waals surface area contributed by atoms with E-state index in [9.17, 15) is 31.1 Å². The van der Waals surface area contributed by atoms with Gasteiger partial charge in [0, 0.05) is 0 Å². The van der Waals surface area contributed by atoms with Gasteiger partial charge in [-0.3, -0.25) is 4.79 Å². The summed E-state index contributed by atoms with van der Waals surface area (Å²) in [5, 5.41) is 8.40. The molecular formula is C9H5F6NO3. The van der Waals surface area contributed by atoms with Crippen molar-refractivity contribution in [3.8, 4) is 5.88 Å². The molecule has 1 aromatic rings. The van der Waals surface area contributed by atoms with E-state index in [-0.39, 0.29) is 0 Å². The third-order valence-electron chi connectivity index (χ3n) is 1.79. The molecule has 1 N–H and O–H groups in total. The van der Waals surface area contributed by atoms with Gasteiger partial charge in [-0.1, -0.05) is 0 Å². The van der Waals surface area contributed by atoms with Crippen LogP contribution in [0, 0.1) is 5.82 Å². The Labute approximate surface area is 101 Å². The van der Waals surface area contributed by atoms with Crippen LogP contribution in [-0.4, -0.2) is 22.4 Å². The van der Waals surface area contributed by atoms with Crippen LogP contribution in [-0.2, 0) is 11.2 Å². The third-order valence-corrected chi connectivity index (χ3v) is 1.79. The molecule has 0 aromatic carbocycles. The van der Waals surface area contributed by atoms with Gasteiger partial charge in [0.2, 0.25) is 0 Å². The number of hydrogen-bond donors (Lipinski definition) is 1. The van der Waals surface area contributed by atoms with E-state index in [0.29, 0.717) is 6.07 Å². The van der Waals surface area contributed by atoms with Crippen molar-refractivity contribution in [2.75, 3.05) is 0 Å². The summed E-state index contributed by atoms with van der Waals surface area (Å²) < 4.78 is 76.9. The van der Waals surface area contributed by atoms with Crippen LogP contribution in [0.25, 0.3) is 0 Å². The Bertz CT molecular complexity index is 488. The van der Waals surface area contributed by atoms with Crippen molar-refractivity contribution in [3.05, 3.63) is 23.1 Å². The fraction of sp³-hybridized carbons (Fsp3) is 0.333. The van der Waals surface area contributed by atoms with Gasteiger partial charge in [-0.05, 0) is 6.07 Å². The van der Waals surface area contributed by atoms with Crippen molar-refractivity contribution >= 4 is 5.97 Å². The highest BCUT2D eigenvalue weighted by Crippen LogP contribution is 2.31. The Kier molecular flexibility index (Phi) is 4.22. The normalized spacial score (nSPS) is 11.7. The maximum absolute atomic E-state index is 13.3. The maximum atomic E-state index is 13.3. The molecule has 0 spiro atoms. The fourth-order valence-corrected chi connectivity index (χ4v) is 1.16. The summed E-state index contributed by atoms with van der Waals surface area (Å²) in [4.78, 5) is 13.3. The zero-order valence-corrected chi connectivity index (χ0v) is 8.84. The molecule has 10 heteroatoms. The Balaban J connectivity index is 3.27. The molecule has 0 radical (unpaired) electrons. The van der Waals surface area contributed by atoms with Crippen molar-refractivity contribution in [2.24, 2.45) is 0 Å². The van der Waals surface area contributed by atoms with Crippen molar-refractivity contribution in [3.63, 3.8) is 0 Å². The molecule has 0 saturated heterocycles. The van der Waals surface area contributed by atoms with Crippen LogP contribution in [0.4, 0.5) is 26.3 Å². The number of pyridine rings is 1.